The Morgan fingerprint density at radius 2 is 2.19 bits per heavy atom. The lowest BCUT2D eigenvalue weighted by atomic mass is 10.3. The Kier molecular flexibility index (Phi) is 4.53. The highest BCUT2D eigenvalue weighted by Crippen LogP contribution is 2.30. The maximum atomic E-state index is 6.14. The van der Waals surface area contributed by atoms with Crippen LogP contribution in [-0.4, -0.2) is 34.8 Å². The number of aryl methyl sites for hydroxylation is 2. The summed E-state index contributed by atoms with van der Waals surface area (Å²) in [6.45, 7) is 6.07. The van der Waals surface area contributed by atoms with Gasteiger partial charge in [-0.2, -0.15) is 14.5 Å². The van der Waals surface area contributed by atoms with Crippen molar-refractivity contribution in [2.75, 3.05) is 5.32 Å². The van der Waals surface area contributed by atoms with E-state index in [2.05, 4.69) is 31.7 Å². The van der Waals surface area contributed by atoms with E-state index in [1.165, 1.54) is 11.5 Å². The van der Waals surface area contributed by atoms with E-state index in [1.54, 1.807) is 10.9 Å². The van der Waals surface area contributed by atoms with E-state index >= 15 is 0 Å². The van der Waals surface area contributed by atoms with E-state index < -0.39 is 0 Å². The van der Waals surface area contributed by atoms with E-state index in [9.17, 15) is 0 Å². The SMILES string of the molecule is CCC(C)Oc1nc(Nc2cc(C)ns2)nc2ccn(-c3cnn(C)c3)c12. The summed E-state index contributed by atoms with van der Waals surface area (Å²) in [4.78, 5) is 9.30. The molecule has 4 heterocycles. The second-order valence-electron chi connectivity index (χ2n) is 6.44. The van der Waals surface area contributed by atoms with Crippen molar-refractivity contribution < 1.29 is 4.74 Å². The Hall–Kier alpha value is -2.94. The highest BCUT2D eigenvalue weighted by atomic mass is 32.1. The van der Waals surface area contributed by atoms with Crippen LogP contribution in [0.25, 0.3) is 16.7 Å². The number of fused-ring (bicyclic) bond motifs is 1. The number of anilines is 2. The molecule has 8 nitrogen and oxygen atoms in total. The van der Waals surface area contributed by atoms with Crippen molar-refractivity contribution in [3.63, 3.8) is 0 Å². The predicted molar refractivity (Wildman–Crippen MR) is 106 cm³/mol. The Balaban J connectivity index is 1.81. The lowest BCUT2D eigenvalue weighted by Gasteiger charge is -2.15. The fourth-order valence-corrected chi connectivity index (χ4v) is 3.36. The van der Waals surface area contributed by atoms with E-state index in [-0.39, 0.29) is 6.10 Å². The van der Waals surface area contributed by atoms with E-state index in [1.807, 2.05) is 50.0 Å². The maximum Gasteiger partial charge on any atom is 0.244 e. The number of ether oxygens (including phenoxy) is 1. The molecule has 0 spiro atoms. The molecule has 140 valence electrons. The highest BCUT2D eigenvalue weighted by Gasteiger charge is 2.17. The molecule has 0 aliphatic rings. The Bertz CT molecular complexity index is 1080. The molecule has 0 saturated heterocycles. The van der Waals surface area contributed by atoms with Crippen LogP contribution in [0.1, 0.15) is 26.0 Å². The quantitative estimate of drug-likeness (QED) is 0.545. The number of hydrogen-bond acceptors (Lipinski definition) is 7. The second-order valence-corrected chi connectivity index (χ2v) is 7.24. The van der Waals surface area contributed by atoms with E-state index in [0.717, 1.165) is 33.8 Å². The Labute approximate surface area is 161 Å². The van der Waals surface area contributed by atoms with Crippen LogP contribution in [0.4, 0.5) is 10.9 Å². The molecule has 4 aromatic rings. The first kappa shape index (κ1) is 17.5. The Morgan fingerprint density at radius 3 is 2.85 bits per heavy atom. The summed E-state index contributed by atoms with van der Waals surface area (Å²) in [6.07, 6.45) is 6.63. The van der Waals surface area contributed by atoms with Gasteiger partial charge in [-0.25, -0.2) is 4.98 Å². The van der Waals surface area contributed by atoms with Gasteiger partial charge in [0.1, 0.15) is 10.5 Å². The van der Waals surface area contributed by atoms with Crippen LogP contribution in [0, 0.1) is 6.92 Å². The molecule has 0 aromatic carbocycles. The van der Waals surface area contributed by atoms with Gasteiger partial charge >= 0.3 is 0 Å². The first-order valence-corrected chi connectivity index (χ1v) is 9.56. The van der Waals surface area contributed by atoms with Gasteiger partial charge in [-0.05, 0) is 43.9 Å². The summed E-state index contributed by atoms with van der Waals surface area (Å²) < 4.78 is 14.2. The largest absolute Gasteiger partial charge is 0.473 e. The fourth-order valence-electron chi connectivity index (χ4n) is 2.71. The topological polar surface area (TPSA) is 82.7 Å². The van der Waals surface area contributed by atoms with Gasteiger partial charge in [0, 0.05) is 19.4 Å². The third-order valence-electron chi connectivity index (χ3n) is 4.22. The molecule has 4 aromatic heterocycles. The molecule has 1 atom stereocenters. The molecule has 0 aliphatic carbocycles. The molecule has 4 rings (SSSR count). The number of aromatic nitrogens is 6. The highest BCUT2D eigenvalue weighted by molar-refractivity contribution is 7.10. The van der Waals surface area contributed by atoms with Crippen molar-refractivity contribution >= 4 is 33.5 Å². The average molecular weight is 383 g/mol. The lowest BCUT2D eigenvalue weighted by molar-refractivity contribution is 0.211. The van der Waals surface area contributed by atoms with Crippen LogP contribution in [0.5, 0.6) is 5.88 Å². The smallest absolute Gasteiger partial charge is 0.244 e. The van der Waals surface area contributed by atoms with Crippen molar-refractivity contribution in [2.45, 2.75) is 33.3 Å². The second kappa shape index (κ2) is 6.99. The standard InChI is InChI=1S/C18H21N7OS/c1-5-12(3)26-17-16-14(6-7-25(16)13-9-19-24(4)10-13)20-18(22-17)21-15-8-11(2)23-27-15/h6-10,12H,5H2,1-4H3,(H,20,21,22). The molecular formula is C18H21N7OS. The summed E-state index contributed by atoms with van der Waals surface area (Å²) >= 11 is 1.38. The van der Waals surface area contributed by atoms with Gasteiger partial charge in [0.15, 0.2) is 0 Å². The summed E-state index contributed by atoms with van der Waals surface area (Å²) in [7, 11) is 1.89. The normalized spacial score (nSPS) is 12.4. The van der Waals surface area contributed by atoms with Crippen LogP contribution >= 0.6 is 11.5 Å². The van der Waals surface area contributed by atoms with E-state index in [0.29, 0.717) is 11.8 Å². The summed E-state index contributed by atoms with van der Waals surface area (Å²) in [6, 6.07) is 3.92. The molecule has 0 bridgehead atoms. The van der Waals surface area contributed by atoms with Gasteiger partial charge in [-0.15, -0.1) is 0 Å². The van der Waals surface area contributed by atoms with Gasteiger partial charge in [-0.1, -0.05) is 6.92 Å². The van der Waals surface area contributed by atoms with E-state index in [4.69, 9.17) is 4.74 Å². The molecule has 0 radical (unpaired) electrons. The maximum absolute atomic E-state index is 6.14. The van der Waals surface area contributed by atoms with Crippen molar-refractivity contribution in [1.29, 1.82) is 0 Å². The minimum atomic E-state index is 0.0406. The Morgan fingerprint density at radius 1 is 1.33 bits per heavy atom. The number of nitrogens with zero attached hydrogens (tertiary/aromatic N) is 6. The zero-order valence-corrected chi connectivity index (χ0v) is 16.5. The molecule has 0 aliphatic heterocycles. The minimum Gasteiger partial charge on any atom is -0.473 e. The first-order valence-electron chi connectivity index (χ1n) is 8.78. The molecule has 0 saturated carbocycles. The third-order valence-corrected chi connectivity index (χ3v) is 5.02. The first-order chi connectivity index (χ1) is 13.0. The van der Waals surface area contributed by atoms with Gasteiger partial charge < -0.3 is 14.6 Å². The molecule has 0 amide bonds. The molecule has 1 N–H and O–H groups in total. The van der Waals surface area contributed by atoms with Crippen LogP contribution in [0.3, 0.4) is 0 Å². The lowest BCUT2D eigenvalue weighted by Crippen LogP contribution is -2.13. The van der Waals surface area contributed by atoms with Crippen molar-refractivity contribution in [2.24, 2.45) is 7.05 Å². The van der Waals surface area contributed by atoms with Gasteiger partial charge in [0.05, 0.1) is 29.2 Å². The number of hydrogen-bond donors (Lipinski definition) is 1. The van der Waals surface area contributed by atoms with Crippen LogP contribution < -0.4 is 10.1 Å². The molecule has 1 unspecified atom stereocenters. The predicted octanol–water partition coefficient (Wildman–Crippen LogP) is 3.84. The summed E-state index contributed by atoms with van der Waals surface area (Å²) in [5.41, 5.74) is 3.52. The number of nitrogens with one attached hydrogen (secondary N) is 1. The van der Waals surface area contributed by atoms with Crippen LogP contribution in [0.15, 0.2) is 30.7 Å². The molecular weight excluding hydrogens is 362 g/mol. The van der Waals surface area contributed by atoms with Crippen LogP contribution in [0.2, 0.25) is 0 Å². The molecule has 0 fully saturated rings. The van der Waals surface area contributed by atoms with Crippen molar-refractivity contribution in [3.8, 4) is 11.6 Å². The van der Waals surface area contributed by atoms with Crippen molar-refractivity contribution in [3.05, 3.63) is 36.4 Å². The summed E-state index contributed by atoms with van der Waals surface area (Å²) in [5.74, 6) is 1.04. The fraction of sp³-hybridized carbons (Fsp3) is 0.333. The van der Waals surface area contributed by atoms with Gasteiger partial charge in [0.25, 0.3) is 0 Å². The zero-order chi connectivity index (χ0) is 19.0. The molecule has 27 heavy (non-hydrogen) atoms. The molecule has 9 heteroatoms. The van der Waals surface area contributed by atoms with Gasteiger partial charge in [-0.3, -0.25) is 4.68 Å². The van der Waals surface area contributed by atoms with Crippen LogP contribution in [-0.2, 0) is 7.05 Å². The van der Waals surface area contributed by atoms with Gasteiger partial charge in [0.2, 0.25) is 11.8 Å². The van der Waals surface area contributed by atoms with Crippen molar-refractivity contribution in [1.82, 2.24) is 28.7 Å². The zero-order valence-electron chi connectivity index (χ0n) is 15.7. The number of rotatable bonds is 6. The summed E-state index contributed by atoms with van der Waals surface area (Å²) in [5, 5.41) is 8.38. The average Bonchev–Trinajstić information content (AvgIpc) is 3.35. The minimum absolute atomic E-state index is 0.0406. The third kappa shape index (κ3) is 3.50. The monoisotopic (exact) mass is 383 g/mol.